The van der Waals surface area contributed by atoms with Crippen LogP contribution in [0.4, 0.5) is 17.2 Å². The molecule has 2 aromatic rings. The lowest BCUT2D eigenvalue weighted by Gasteiger charge is -2.08. The molecular formula is C13H14N4O3S. The number of carbonyl (C=O) groups excluding carboxylic acids is 1. The maximum Gasteiger partial charge on any atom is 0.264 e. The van der Waals surface area contributed by atoms with E-state index in [1.54, 1.807) is 24.3 Å². The number of rotatable bonds is 4. The van der Waals surface area contributed by atoms with Crippen molar-refractivity contribution in [3.8, 4) is 0 Å². The van der Waals surface area contributed by atoms with Crippen molar-refractivity contribution in [2.24, 2.45) is 0 Å². The molecule has 0 spiro atoms. The highest BCUT2D eigenvalue weighted by atomic mass is 32.2. The van der Waals surface area contributed by atoms with Gasteiger partial charge in [0, 0.05) is 12.6 Å². The third kappa shape index (κ3) is 3.93. The first-order valence-electron chi connectivity index (χ1n) is 5.99. The Balaban J connectivity index is 2.15. The number of nitrogen functional groups attached to an aromatic ring is 1. The monoisotopic (exact) mass is 306 g/mol. The van der Waals surface area contributed by atoms with Crippen LogP contribution in [0.5, 0.6) is 0 Å². The maximum atomic E-state index is 11.8. The van der Waals surface area contributed by atoms with Gasteiger partial charge in [-0.3, -0.25) is 4.79 Å². The predicted octanol–water partition coefficient (Wildman–Crippen LogP) is 1.23. The fraction of sp³-hybridized carbons (Fsp3) is 0.0769. The van der Waals surface area contributed by atoms with E-state index in [0.29, 0.717) is 17.2 Å². The van der Waals surface area contributed by atoms with Crippen LogP contribution in [-0.4, -0.2) is 19.3 Å². The van der Waals surface area contributed by atoms with Crippen molar-refractivity contribution >= 4 is 33.1 Å². The zero-order valence-electron chi connectivity index (χ0n) is 11.2. The Morgan fingerprint density at radius 3 is 2.33 bits per heavy atom. The highest BCUT2D eigenvalue weighted by molar-refractivity contribution is 7.90. The summed E-state index contributed by atoms with van der Waals surface area (Å²) in [6.45, 7) is 1.14. The first-order valence-corrected chi connectivity index (χ1v) is 7.47. The molecule has 0 aliphatic rings. The smallest absolute Gasteiger partial charge is 0.264 e. The van der Waals surface area contributed by atoms with E-state index < -0.39 is 15.9 Å². The standard InChI is InChI=1S/C13H14N4O3S/c1-9(18)17-21(19,20)12-5-3-11(4-6-12)16-13-7-2-10(14)8-15-13/h2-8H,14H2,1H3,(H,15,16)(H,17,18). The minimum absolute atomic E-state index is 0.00788. The topological polar surface area (TPSA) is 114 Å². The van der Waals surface area contributed by atoms with Crippen molar-refractivity contribution in [1.82, 2.24) is 9.71 Å². The van der Waals surface area contributed by atoms with Crippen molar-refractivity contribution < 1.29 is 13.2 Å². The lowest BCUT2D eigenvalue weighted by Crippen LogP contribution is -2.28. The van der Waals surface area contributed by atoms with E-state index in [2.05, 4.69) is 10.3 Å². The minimum atomic E-state index is -3.81. The van der Waals surface area contributed by atoms with Crippen molar-refractivity contribution in [3.63, 3.8) is 0 Å². The second-order valence-corrected chi connectivity index (χ2v) is 5.97. The largest absolute Gasteiger partial charge is 0.397 e. The van der Waals surface area contributed by atoms with Crippen LogP contribution in [0, 0.1) is 0 Å². The molecule has 1 amide bonds. The number of anilines is 3. The molecule has 0 aliphatic carbocycles. The van der Waals surface area contributed by atoms with Gasteiger partial charge in [0.05, 0.1) is 16.8 Å². The van der Waals surface area contributed by atoms with Gasteiger partial charge in [0.1, 0.15) is 5.82 Å². The Kier molecular flexibility index (Phi) is 4.08. The molecule has 4 N–H and O–H groups in total. The van der Waals surface area contributed by atoms with Gasteiger partial charge in [-0.1, -0.05) is 0 Å². The average Bonchev–Trinajstić information content (AvgIpc) is 2.41. The third-order valence-corrected chi connectivity index (χ3v) is 3.95. The van der Waals surface area contributed by atoms with E-state index >= 15 is 0 Å². The Hall–Kier alpha value is -2.61. The molecule has 110 valence electrons. The van der Waals surface area contributed by atoms with Crippen LogP contribution < -0.4 is 15.8 Å². The highest BCUT2D eigenvalue weighted by Gasteiger charge is 2.14. The molecule has 0 saturated heterocycles. The van der Waals surface area contributed by atoms with Crippen LogP contribution in [-0.2, 0) is 14.8 Å². The molecule has 0 unspecified atom stereocenters. The SMILES string of the molecule is CC(=O)NS(=O)(=O)c1ccc(Nc2ccc(N)cn2)cc1. The van der Waals surface area contributed by atoms with Crippen LogP contribution >= 0.6 is 0 Å². The number of pyridine rings is 1. The average molecular weight is 306 g/mol. The predicted molar refractivity (Wildman–Crippen MR) is 79.4 cm³/mol. The Morgan fingerprint density at radius 2 is 1.81 bits per heavy atom. The minimum Gasteiger partial charge on any atom is -0.397 e. The number of sulfonamides is 1. The Bertz CT molecular complexity index is 740. The first kappa shape index (κ1) is 14.8. The third-order valence-electron chi connectivity index (χ3n) is 2.50. The molecule has 1 aromatic heterocycles. The van der Waals surface area contributed by atoms with E-state index in [1.165, 1.54) is 18.3 Å². The molecule has 0 saturated carbocycles. The lowest BCUT2D eigenvalue weighted by atomic mass is 10.3. The molecule has 1 aromatic carbocycles. The second kappa shape index (κ2) is 5.80. The molecule has 21 heavy (non-hydrogen) atoms. The number of carbonyl (C=O) groups is 1. The van der Waals surface area contributed by atoms with E-state index in [9.17, 15) is 13.2 Å². The summed E-state index contributed by atoms with van der Waals surface area (Å²) in [5.74, 6) is -0.0510. The molecule has 7 nitrogen and oxygen atoms in total. The van der Waals surface area contributed by atoms with Gasteiger partial charge in [-0.25, -0.2) is 18.1 Å². The van der Waals surface area contributed by atoms with Gasteiger partial charge in [0.25, 0.3) is 10.0 Å². The number of benzene rings is 1. The number of hydrogen-bond acceptors (Lipinski definition) is 6. The molecule has 0 atom stereocenters. The van der Waals surface area contributed by atoms with Crippen LogP contribution in [0.25, 0.3) is 0 Å². The summed E-state index contributed by atoms with van der Waals surface area (Å²) in [4.78, 5) is 14.9. The Morgan fingerprint density at radius 1 is 1.14 bits per heavy atom. The van der Waals surface area contributed by atoms with E-state index in [4.69, 9.17) is 5.73 Å². The molecule has 0 radical (unpaired) electrons. The van der Waals surface area contributed by atoms with Crippen LogP contribution in [0.3, 0.4) is 0 Å². The summed E-state index contributed by atoms with van der Waals surface area (Å²) in [7, 11) is -3.81. The molecule has 2 rings (SSSR count). The van der Waals surface area contributed by atoms with Crippen LogP contribution in [0.1, 0.15) is 6.92 Å². The highest BCUT2D eigenvalue weighted by Crippen LogP contribution is 2.18. The quantitative estimate of drug-likeness (QED) is 0.783. The number of nitrogens with zero attached hydrogens (tertiary/aromatic N) is 1. The van der Waals surface area contributed by atoms with Gasteiger partial charge in [-0.05, 0) is 36.4 Å². The van der Waals surface area contributed by atoms with Gasteiger partial charge < -0.3 is 11.1 Å². The summed E-state index contributed by atoms with van der Waals surface area (Å²) in [5, 5.41) is 3.00. The molecule has 0 bridgehead atoms. The summed E-state index contributed by atoms with van der Waals surface area (Å²) in [6, 6.07) is 9.34. The maximum absolute atomic E-state index is 11.8. The summed E-state index contributed by atoms with van der Waals surface area (Å²) in [5.41, 5.74) is 6.75. The molecule has 8 heteroatoms. The fourth-order valence-electron chi connectivity index (χ4n) is 1.59. The zero-order valence-corrected chi connectivity index (χ0v) is 12.0. The normalized spacial score (nSPS) is 10.9. The second-order valence-electron chi connectivity index (χ2n) is 4.29. The van der Waals surface area contributed by atoms with Gasteiger partial charge in [-0.2, -0.15) is 0 Å². The van der Waals surface area contributed by atoms with Crippen molar-refractivity contribution in [2.45, 2.75) is 11.8 Å². The zero-order chi connectivity index (χ0) is 15.5. The molecular weight excluding hydrogens is 292 g/mol. The van der Waals surface area contributed by atoms with Gasteiger partial charge in [0.2, 0.25) is 5.91 Å². The summed E-state index contributed by atoms with van der Waals surface area (Å²) in [6.07, 6.45) is 1.51. The molecule has 1 heterocycles. The number of hydrogen-bond donors (Lipinski definition) is 3. The van der Waals surface area contributed by atoms with Crippen molar-refractivity contribution in [2.75, 3.05) is 11.1 Å². The number of amides is 1. The van der Waals surface area contributed by atoms with Crippen molar-refractivity contribution in [1.29, 1.82) is 0 Å². The van der Waals surface area contributed by atoms with Gasteiger partial charge in [0.15, 0.2) is 0 Å². The summed E-state index contributed by atoms with van der Waals surface area (Å²) < 4.78 is 25.4. The molecule has 0 aliphatic heterocycles. The number of aromatic nitrogens is 1. The number of nitrogens with one attached hydrogen (secondary N) is 2. The lowest BCUT2D eigenvalue weighted by molar-refractivity contribution is -0.117. The van der Waals surface area contributed by atoms with Crippen molar-refractivity contribution in [3.05, 3.63) is 42.6 Å². The molecule has 0 fully saturated rings. The first-order chi connectivity index (χ1) is 9.87. The fourth-order valence-corrected chi connectivity index (χ4v) is 2.58. The van der Waals surface area contributed by atoms with E-state index in [-0.39, 0.29) is 4.90 Å². The van der Waals surface area contributed by atoms with E-state index in [0.717, 1.165) is 6.92 Å². The number of nitrogens with two attached hydrogens (primary N) is 1. The Labute approximate surface area is 122 Å². The van der Waals surface area contributed by atoms with Gasteiger partial charge >= 0.3 is 0 Å². The van der Waals surface area contributed by atoms with Crippen LogP contribution in [0.15, 0.2) is 47.5 Å². The van der Waals surface area contributed by atoms with E-state index in [1.807, 2.05) is 4.72 Å². The summed E-state index contributed by atoms with van der Waals surface area (Å²) >= 11 is 0. The van der Waals surface area contributed by atoms with Gasteiger partial charge in [-0.15, -0.1) is 0 Å². The van der Waals surface area contributed by atoms with Crippen LogP contribution in [0.2, 0.25) is 0 Å².